The molecule has 5 heteroatoms. The minimum atomic E-state index is -0.325. The summed E-state index contributed by atoms with van der Waals surface area (Å²) in [6.07, 6.45) is -0.00230. The molecule has 5 nitrogen and oxygen atoms in total. The molecule has 0 saturated carbocycles. The van der Waals surface area contributed by atoms with Crippen molar-refractivity contribution in [2.45, 2.75) is 12.5 Å². The molecule has 3 rings (SSSR count). The van der Waals surface area contributed by atoms with Gasteiger partial charge in [0.1, 0.15) is 11.9 Å². The van der Waals surface area contributed by atoms with Crippen LogP contribution < -0.4 is 0 Å². The number of fused-ring (bicyclic) bond motifs is 1. The molecule has 0 radical (unpaired) electrons. The molecule has 1 aliphatic rings. The monoisotopic (exact) mass is 273 g/mol. The van der Waals surface area contributed by atoms with E-state index in [1.165, 1.54) is 0 Å². The Bertz CT molecular complexity index is 635. The van der Waals surface area contributed by atoms with Gasteiger partial charge in [-0.25, -0.2) is 4.98 Å². The number of ketones is 1. The van der Waals surface area contributed by atoms with Gasteiger partial charge >= 0.3 is 0 Å². The highest BCUT2D eigenvalue weighted by atomic mass is 16.5. The highest BCUT2D eigenvalue weighted by Gasteiger charge is 2.26. The van der Waals surface area contributed by atoms with Crippen LogP contribution >= 0.6 is 0 Å². The summed E-state index contributed by atoms with van der Waals surface area (Å²) < 4.78 is 7.55. The van der Waals surface area contributed by atoms with E-state index in [0.29, 0.717) is 19.6 Å². The number of para-hydroxylation sites is 2. The van der Waals surface area contributed by atoms with Gasteiger partial charge in [-0.05, 0) is 19.2 Å². The van der Waals surface area contributed by atoms with Gasteiger partial charge in [0.2, 0.25) is 0 Å². The van der Waals surface area contributed by atoms with Gasteiger partial charge < -0.3 is 14.2 Å². The van der Waals surface area contributed by atoms with E-state index < -0.39 is 0 Å². The third kappa shape index (κ3) is 2.46. The average molecular weight is 273 g/mol. The number of nitrogens with zero attached hydrogens (tertiary/aromatic N) is 3. The van der Waals surface area contributed by atoms with Gasteiger partial charge in [-0.1, -0.05) is 12.1 Å². The van der Waals surface area contributed by atoms with Gasteiger partial charge in [0, 0.05) is 20.1 Å². The average Bonchev–Trinajstić information content (AvgIpc) is 2.76. The van der Waals surface area contributed by atoms with Crippen molar-refractivity contribution in [2.75, 3.05) is 26.7 Å². The second-order valence-corrected chi connectivity index (χ2v) is 5.34. The number of carbonyl (C=O) groups excluding carboxylic acids is 1. The van der Waals surface area contributed by atoms with Crippen LogP contribution in [0.4, 0.5) is 0 Å². The van der Waals surface area contributed by atoms with Crippen LogP contribution in [0.5, 0.6) is 0 Å². The van der Waals surface area contributed by atoms with Crippen LogP contribution in [0, 0.1) is 0 Å². The Kier molecular flexibility index (Phi) is 3.54. The Morgan fingerprint density at radius 3 is 2.95 bits per heavy atom. The van der Waals surface area contributed by atoms with Gasteiger partial charge in [-0.3, -0.25) is 4.79 Å². The topological polar surface area (TPSA) is 47.4 Å². The van der Waals surface area contributed by atoms with E-state index in [1.807, 2.05) is 42.9 Å². The summed E-state index contributed by atoms with van der Waals surface area (Å²) in [5, 5.41) is 0. The molecule has 2 aromatic rings. The molecular weight excluding hydrogens is 254 g/mol. The number of aromatic nitrogens is 2. The second-order valence-electron chi connectivity index (χ2n) is 5.34. The molecule has 1 aliphatic heterocycles. The fourth-order valence-electron chi connectivity index (χ4n) is 2.60. The highest BCUT2D eigenvalue weighted by Crippen LogP contribution is 2.16. The Morgan fingerprint density at radius 1 is 1.40 bits per heavy atom. The van der Waals surface area contributed by atoms with Crippen LogP contribution in [0.1, 0.15) is 5.82 Å². The number of benzene rings is 1. The zero-order chi connectivity index (χ0) is 14.1. The maximum absolute atomic E-state index is 12.3. The maximum Gasteiger partial charge on any atom is 0.170 e. The number of imidazole rings is 1. The first-order chi connectivity index (χ1) is 9.65. The van der Waals surface area contributed by atoms with E-state index in [9.17, 15) is 4.79 Å². The molecule has 20 heavy (non-hydrogen) atoms. The molecule has 1 aromatic heterocycles. The third-order valence-corrected chi connectivity index (χ3v) is 3.84. The van der Waals surface area contributed by atoms with Gasteiger partial charge in [0.25, 0.3) is 0 Å². The van der Waals surface area contributed by atoms with E-state index in [0.717, 1.165) is 23.4 Å². The van der Waals surface area contributed by atoms with Crippen molar-refractivity contribution in [1.29, 1.82) is 0 Å². The smallest absolute Gasteiger partial charge is 0.170 e. The van der Waals surface area contributed by atoms with Crippen LogP contribution in [0.2, 0.25) is 0 Å². The van der Waals surface area contributed by atoms with E-state index in [-0.39, 0.29) is 11.9 Å². The van der Waals surface area contributed by atoms with Crippen LogP contribution in [-0.2, 0) is 23.0 Å². The number of rotatable bonds is 3. The second kappa shape index (κ2) is 5.34. The number of morpholine rings is 1. The molecule has 1 saturated heterocycles. The summed E-state index contributed by atoms with van der Waals surface area (Å²) in [6.45, 7) is 2.17. The minimum Gasteiger partial charge on any atom is -0.368 e. The fraction of sp³-hybridized carbons (Fsp3) is 0.467. The molecule has 2 heterocycles. The Labute approximate surface area is 118 Å². The molecule has 106 valence electrons. The SMILES string of the molecule is CN1CCOC(C(=O)Cc2nc3ccccc3n2C)C1. The lowest BCUT2D eigenvalue weighted by molar-refractivity contribution is -0.135. The molecule has 0 N–H and O–H groups in total. The first-order valence-corrected chi connectivity index (χ1v) is 6.88. The van der Waals surface area contributed by atoms with Crippen LogP contribution in [0.25, 0.3) is 11.0 Å². The number of Topliss-reactive ketones (excluding diaryl/α,β-unsaturated/α-hetero) is 1. The van der Waals surface area contributed by atoms with Crippen molar-refractivity contribution in [3.05, 3.63) is 30.1 Å². The minimum absolute atomic E-state index is 0.106. The van der Waals surface area contributed by atoms with Gasteiger partial charge in [-0.15, -0.1) is 0 Å². The number of ether oxygens (including phenoxy) is 1. The van der Waals surface area contributed by atoms with Crippen LogP contribution in [-0.4, -0.2) is 53.1 Å². The molecule has 1 aromatic carbocycles. The highest BCUT2D eigenvalue weighted by molar-refractivity contribution is 5.86. The molecule has 0 bridgehead atoms. The van der Waals surface area contributed by atoms with Crippen molar-refractivity contribution >= 4 is 16.8 Å². The summed E-state index contributed by atoms with van der Waals surface area (Å²) in [5.74, 6) is 0.906. The van der Waals surface area contributed by atoms with E-state index in [1.54, 1.807) is 0 Å². The lowest BCUT2D eigenvalue weighted by Gasteiger charge is -2.28. The van der Waals surface area contributed by atoms with Crippen molar-refractivity contribution in [2.24, 2.45) is 7.05 Å². The van der Waals surface area contributed by atoms with Gasteiger partial charge in [0.05, 0.1) is 24.1 Å². The van der Waals surface area contributed by atoms with Crippen LogP contribution in [0.3, 0.4) is 0 Å². The van der Waals surface area contributed by atoms with Crippen molar-refractivity contribution in [1.82, 2.24) is 14.5 Å². The summed E-state index contributed by atoms with van der Waals surface area (Å²) in [4.78, 5) is 19.0. The molecule has 1 fully saturated rings. The standard InChI is InChI=1S/C15H19N3O2/c1-17-7-8-20-14(10-17)13(19)9-15-16-11-5-3-4-6-12(11)18(15)2/h3-6,14H,7-10H2,1-2H3. The molecule has 0 amide bonds. The molecule has 1 atom stereocenters. The zero-order valence-corrected chi connectivity index (χ0v) is 11.9. The normalized spacial score (nSPS) is 20.4. The predicted octanol–water partition coefficient (Wildman–Crippen LogP) is 1.02. The summed E-state index contributed by atoms with van der Waals surface area (Å²) in [7, 11) is 3.96. The lowest BCUT2D eigenvalue weighted by Crippen LogP contribution is -2.44. The quantitative estimate of drug-likeness (QED) is 0.837. The number of hydrogen-bond acceptors (Lipinski definition) is 4. The third-order valence-electron chi connectivity index (χ3n) is 3.84. The number of likely N-dealkylation sites (N-methyl/N-ethyl adjacent to an activating group) is 1. The zero-order valence-electron chi connectivity index (χ0n) is 11.9. The summed E-state index contributed by atoms with van der Waals surface area (Å²) in [6, 6.07) is 7.92. The van der Waals surface area contributed by atoms with E-state index in [4.69, 9.17) is 4.74 Å². The van der Waals surface area contributed by atoms with Crippen molar-refractivity contribution < 1.29 is 9.53 Å². The van der Waals surface area contributed by atoms with E-state index >= 15 is 0 Å². The van der Waals surface area contributed by atoms with E-state index in [2.05, 4.69) is 9.88 Å². The number of hydrogen-bond donors (Lipinski definition) is 0. The molecular formula is C15H19N3O2. The van der Waals surface area contributed by atoms with Crippen molar-refractivity contribution in [3.8, 4) is 0 Å². The van der Waals surface area contributed by atoms with Gasteiger partial charge in [0.15, 0.2) is 5.78 Å². The molecule has 0 spiro atoms. The molecule has 1 unspecified atom stereocenters. The summed E-state index contributed by atoms with van der Waals surface area (Å²) in [5.41, 5.74) is 1.98. The van der Waals surface area contributed by atoms with Crippen molar-refractivity contribution in [3.63, 3.8) is 0 Å². The largest absolute Gasteiger partial charge is 0.368 e. The first-order valence-electron chi connectivity index (χ1n) is 6.88. The fourth-order valence-corrected chi connectivity index (χ4v) is 2.60. The molecule has 0 aliphatic carbocycles. The number of carbonyl (C=O) groups is 1. The Balaban J connectivity index is 1.79. The summed E-state index contributed by atoms with van der Waals surface area (Å²) >= 11 is 0. The first kappa shape index (κ1) is 13.3. The number of aryl methyl sites for hydroxylation is 1. The Hall–Kier alpha value is -1.72. The van der Waals surface area contributed by atoms with Crippen LogP contribution in [0.15, 0.2) is 24.3 Å². The Morgan fingerprint density at radius 2 is 2.20 bits per heavy atom. The predicted molar refractivity (Wildman–Crippen MR) is 76.7 cm³/mol. The van der Waals surface area contributed by atoms with Gasteiger partial charge in [-0.2, -0.15) is 0 Å². The lowest BCUT2D eigenvalue weighted by atomic mass is 10.1. The maximum atomic E-state index is 12.3.